The van der Waals surface area contributed by atoms with Crippen LogP contribution in [0.15, 0.2) is 71.6 Å². The average molecular weight is 414 g/mol. The zero-order valence-electron chi connectivity index (χ0n) is 16.9. The second-order valence-electron chi connectivity index (χ2n) is 7.00. The summed E-state index contributed by atoms with van der Waals surface area (Å²) in [6.45, 7) is 5.39. The molecule has 0 saturated heterocycles. The Morgan fingerprint density at radius 2 is 1.55 bits per heavy atom. The van der Waals surface area contributed by atoms with Crippen molar-refractivity contribution in [1.82, 2.24) is 0 Å². The van der Waals surface area contributed by atoms with Gasteiger partial charge in [0.2, 0.25) is 0 Å². The predicted octanol–water partition coefficient (Wildman–Crippen LogP) is 5.41. The van der Waals surface area contributed by atoms with Crippen molar-refractivity contribution in [2.45, 2.75) is 31.7 Å². The monoisotopic (exact) mass is 413 g/mol. The minimum atomic E-state index is -4.02. The van der Waals surface area contributed by atoms with Crippen molar-refractivity contribution in [3.05, 3.63) is 89.2 Å². The van der Waals surface area contributed by atoms with E-state index < -0.39 is 21.9 Å². The van der Waals surface area contributed by atoms with Gasteiger partial charge in [0, 0.05) is 0 Å². The first-order valence-electron chi connectivity index (χ1n) is 9.25. The van der Waals surface area contributed by atoms with E-state index in [0.717, 1.165) is 17.2 Å². The van der Waals surface area contributed by atoms with Crippen LogP contribution in [0.4, 0.5) is 10.1 Å². The summed E-state index contributed by atoms with van der Waals surface area (Å²) < 4.78 is 47.8. The number of rotatable bonds is 6. The zero-order chi connectivity index (χ0) is 21.2. The lowest BCUT2D eigenvalue weighted by atomic mass is 10.1. The lowest BCUT2D eigenvalue weighted by Gasteiger charge is -2.31. The number of benzene rings is 3. The average Bonchev–Trinajstić information content (AvgIpc) is 2.71. The van der Waals surface area contributed by atoms with E-state index in [2.05, 4.69) is 0 Å². The normalized spacial score (nSPS) is 12.4. The molecule has 0 fully saturated rings. The smallest absolute Gasteiger partial charge is 0.264 e. The molecule has 3 aromatic rings. The topological polar surface area (TPSA) is 46.6 Å². The fraction of sp³-hybridized carbons (Fsp3) is 0.217. The van der Waals surface area contributed by atoms with Crippen molar-refractivity contribution >= 4 is 15.7 Å². The highest BCUT2D eigenvalue weighted by Gasteiger charge is 2.31. The quantitative estimate of drug-likeness (QED) is 0.543. The van der Waals surface area contributed by atoms with Crippen LogP contribution in [0.1, 0.15) is 29.7 Å². The van der Waals surface area contributed by atoms with Gasteiger partial charge in [-0.05, 0) is 68.3 Å². The molecule has 3 aromatic carbocycles. The number of hydrogen-bond acceptors (Lipinski definition) is 3. The summed E-state index contributed by atoms with van der Waals surface area (Å²) in [6.07, 6.45) is 0. The van der Waals surface area contributed by atoms with Crippen molar-refractivity contribution in [2.75, 3.05) is 11.4 Å². The van der Waals surface area contributed by atoms with Gasteiger partial charge in [-0.1, -0.05) is 35.9 Å². The molecule has 0 heterocycles. The van der Waals surface area contributed by atoms with Crippen LogP contribution < -0.4 is 9.04 Å². The zero-order valence-corrected chi connectivity index (χ0v) is 17.7. The first-order chi connectivity index (χ1) is 13.7. The molecule has 0 unspecified atom stereocenters. The molecule has 0 bridgehead atoms. The molecule has 0 N–H and O–H groups in total. The maximum atomic E-state index is 14.1. The molecule has 0 radical (unpaired) electrons. The lowest BCUT2D eigenvalue weighted by Crippen LogP contribution is -2.33. The van der Waals surface area contributed by atoms with E-state index in [9.17, 15) is 12.8 Å². The van der Waals surface area contributed by atoms with E-state index in [1.54, 1.807) is 38.3 Å². The summed E-state index contributed by atoms with van der Waals surface area (Å²) in [5, 5.41) is 0. The summed E-state index contributed by atoms with van der Waals surface area (Å²) in [6, 6.07) is 18.0. The Morgan fingerprint density at radius 1 is 0.931 bits per heavy atom. The summed E-state index contributed by atoms with van der Waals surface area (Å²) >= 11 is 0. The Balaban J connectivity index is 2.15. The Bertz CT molecular complexity index is 1090. The van der Waals surface area contributed by atoms with Gasteiger partial charge in [0.05, 0.1) is 23.7 Å². The van der Waals surface area contributed by atoms with Gasteiger partial charge < -0.3 is 4.74 Å². The highest BCUT2D eigenvalue weighted by Crippen LogP contribution is 2.34. The molecule has 1 atom stereocenters. The fourth-order valence-corrected chi connectivity index (χ4v) is 4.78. The standard InChI is InChI=1S/C23H24FNO3S/c1-16-5-8-19(9-6-16)18(3)25(20-10-12-21(28-4)13-11-20)29(26,27)22-14-7-17(2)23(24)15-22/h5-15,18H,1-4H3/t18-/m1/s1. The maximum absolute atomic E-state index is 14.1. The number of nitrogens with zero attached hydrogens (tertiary/aromatic N) is 1. The van der Waals surface area contributed by atoms with Crippen molar-refractivity contribution in [3.8, 4) is 5.75 Å². The van der Waals surface area contributed by atoms with Gasteiger partial charge in [0.1, 0.15) is 11.6 Å². The van der Waals surface area contributed by atoms with Crippen LogP contribution in [0.3, 0.4) is 0 Å². The van der Waals surface area contributed by atoms with Gasteiger partial charge in [0.15, 0.2) is 0 Å². The second-order valence-corrected chi connectivity index (χ2v) is 8.81. The largest absolute Gasteiger partial charge is 0.497 e. The van der Waals surface area contributed by atoms with Crippen molar-refractivity contribution in [2.24, 2.45) is 0 Å². The molecule has 29 heavy (non-hydrogen) atoms. The molecule has 0 spiro atoms. The lowest BCUT2D eigenvalue weighted by molar-refractivity contribution is 0.415. The van der Waals surface area contributed by atoms with E-state index in [4.69, 9.17) is 4.74 Å². The summed E-state index contributed by atoms with van der Waals surface area (Å²) in [5.41, 5.74) is 2.79. The van der Waals surface area contributed by atoms with E-state index in [0.29, 0.717) is 17.0 Å². The highest BCUT2D eigenvalue weighted by atomic mass is 32.2. The third-order valence-electron chi connectivity index (χ3n) is 4.94. The maximum Gasteiger partial charge on any atom is 0.264 e. The number of sulfonamides is 1. The second kappa shape index (κ2) is 8.25. The van der Waals surface area contributed by atoms with Gasteiger partial charge in [0.25, 0.3) is 10.0 Å². The summed E-state index contributed by atoms with van der Waals surface area (Å²) in [5.74, 6) is 0.0687. The number of hydrogen-bond donors (Lipinski definition) is 0. The Morgan fingerprint density at radius 3 is 2.10 bits per heavy atom. The van der Waals surface area contributed by atoms with E-state index in [1.807, 2.05) is 38.1 Å². The van der Waals surface area contributed by atoms with Gasteiger partial charge in [-0.25, -0.2) is 12.8 Å². The van der Waals surface area contributed by atoms with Crippen LogP contribution in [-0.2, 0) is 10.0 Å². The number of methoxy groups -OCH3 is 1. The molecule has 152 valence electrons. The Labute approximate surface area is 171 Å². The molecule has 0 amide bonds. The van der Waals surface area contributed by atoms with E-state index in [1.165, 1.54) is 16.4 Å². The number of halogens is 1. The molecular weight excluding hydrogens is 389 g/mol. The molecule has 0 aromatic heterocycles. The van der Waals surface area contributed by atoms with Gasteiger partial charge in [-0.2, -0.15) is 0 Å². The minimum absolute atomic E-state index is 0.0876. The van der Waals surface area contributed by atoms with Crippen LogP contribution in [0.2, 0.25) is 0 Å². The molecular formula is C23H24FNO3S. The third kappa shape index (κ3) is 4.27. The molecule has 0 saturated carbocycles. The molecule has 0 aliphatic carbocycles. The predicted molar refractivity (Wildman–Crippen MR) is 113 cm³/mol. The Kier molecular flexibility index (Phi) is 5.94. The SMILES string of the molecule is COc1ccc(N([C@H](C)c2ccc(C)cc2)S(=O)(=O)c2ccc(C)c(F)c2)cc1. The molecule has 4 nitrogen and oxygen atoms in total. The fourth-order valence-electron chi connectivity index (χ4n) is 3.13. The third-order valence-corrected chi connectivity index (χ3v) is 6.83. The van der Waals surface area contributed by atoms with Crippen molar-refractivity contribution in [1.29, 1.82) is 0 Å². The van der Waals surface area contributed by atoms with Crippen LogP contribution in [0, 0.1) is 19.7 Å². The first kappa shape index (κ1) is 20.9. The van der Waals surface area contributed by atoms with Crippen LogP contribution in [-0.4, -0.2) is 15.5 Å². The van der Waals surface area contributed by atoms with E-state index in [-0.39, 0.29) is 4.90 Å². The van der Waals surface area contributed by atoms with Gasteiger partial charge in [-0.3, -0.25) is 4.31 Å². The number of aryl methyl sites for hydroxylation is 2. The van der Waals surface area contributed by atoms with Crippen molar-refractivity contribution in [3.63, 3.8) is 0 Å². The van der Waals surface area contributed by atoms with Gasteiger partial charge >= 0.3 is 0 Å². The Hall–Kier alpha value is -2.86. The van der Waals surface area contributed by atoms with Gasteiger partial charge in [-0.15, -0.1) is 0 Å². The summed E-state index contributed by atoms with van der Waals surface area (Å²) in [7, 11) is -2.47. The molecule has 6 heteroatoms. The van der Waals surface area contributed by atoms with Crippen LogP contribution in [0.25, 0.3) is 0 Å². The molecule has 0 aliphatic rings. The van der Waals surface area contributed by atoms with E-state index >= 15 is 0 Å². The number of ether oxygens (including phenoxy) is 1. The minimum Gasteiger partial charge on any atom is -0.497 e. The molecule has 3 rings (SSSR count). The van der Waals surface area contributed by atoms with Crippen LogP contribution in [0.5, 0.6) is 5.75 Å². The molecule has 0 aliphatic heterocycles. The van der Waals surface area contributed by atoms with Crippen molar-refractivity contribution < 1.29 is 17.5 Å². The summed E-state index contributed by atoms with van der Waals surface area (Å²) in [4.78, 5) is -0.0876. The van der Waals surface area contributed by atoms with Crippen LogP contribution >= 0.6 is 0 Å². The first-order valence-corrected chi connectivity index (χ1v) is 10.7. The number of anilines is 1. The highest BCUT2D eigenvalue weighted by molar-refractivity contribution is 7.92.